The molecule has 10 heteroatoms. The smallest absolute Gasteiger partial charge is 0.319 e. The van der Waals surface area contributed by atoms with Crippen molar-refractivity contribution in [1.82, 2.24) is 5.32 Å². The Labute approximate surface area is 257 Å². The number of fused-ring (bicyclic) bond motifs is 1. The maximum Gasteiger partial charge on any atom is 0.319 e. The van der Waals surface area contributed by atoms with Gasteiger partial charge in [-0.15, -0.1) is 0 Å². The third-order valence-electron chi connectivity index (χ3n) is 7.63. The number of hydroxylamine groups is 1. The van der Waals surface area contributed by atoms with Crippen LogP contribution in [0, 0.1) is 5.92 Å². The van der Waals surface area contributed by atoms with Crippen LogP contribution in [0.2, 0.25) is 0 Å². The molecule has 0 saturated carbocycles. The van der Waals surface area contributed by atoms with E-state index in [1.165, 1.54) is 0 Å². The zero-order valence-electron chi connectivity index (χ0n) is 25.8. The minimum Gasteiger partial charge on any atom is -0.481 e. The first-order valence-electron chi connectivity index (χ1n) is 14.6. The molecule has 0 aliphatic carbocycles. The lowest BCUT2D eigenvalue weighted by molar-refractivity contribution is -0.136. The van der Waals surface area contributed by atoms with Crippen LogP contribution in [0.15, 0.2) is 72.8 Å². The van der Waals surface area contributed by atoms with Crippen LogP contribution in [-0.2, 0) is 31.1 Å². The van der Waals surface area contributed by atoms with Crippen LogP contribution in [0.3, 0.4) is 0 Å². The number of amides is 4. The standard InChI is InChI=1S/C34H38N4O6/c1-33(2,3)22-12-16-24(17-13-22)38-28(21-10-14-23(15-11-21)35-32(43)36-34(4,5)6)27-29(44-38)31(42)37(30(27)41)25-9-7-8-20(18-25)19-26(39)40/h7-18,27-29H,19H2,1-6H3,(H,39,40)(H2,35,36,43)/t27-,28-,29+/m0/s1. The number of urea groups is 1. The molecule has 44 heavy (non-hydrogen) atoms. The highest BCUT2D eigenvalue weighted by molar-refractivity contribution is 6.24. The first-order chi connectivity index (χ1) is 20.6. The van der Waals surface area contributed by atoms with E-state index in [4.69, 9.17) is 4.84 Å². The monoisotopic (exact) mass is 598 g/mol. The molecule has 3 aromatic rings. The molecule has 0 bridgehead atoms. The molecule has 3 atom stereocenters. The van der Waals surface area contributed by atoms with E-state index < -0.39 is 41.4 Å². The van der Waals surface area contributed by atoms with E-state index in [2.05, 4.69) is 31.4 Å². The van der Waals surface area contributed by atoms with Gasteiger partial charge >= 0.3 is 12.0 Å². The average Bonchev–Trinajstić information content (AvgIpc) is 3.43. The van der Waals surface area contributed by atoms with E-state index in [0.717, 1.165) is 16.0 Å². The highest BCUT2D eigenvalue weighted by Crippen LogP contribution is 2.48. The molecule has 0 spiro atoms. The predicted molar refractivity (Wildman–Crippen MR) is 167 cm³/mol. The minimum absolute atomic E-state index is 0.0654. The number of carboxylic acid groups (broad SMARTS) is 1. The maximum atomic E-state index is 14.0. The molecule has 3 aromatic carbocycles. The maximum absolute atomic E-state index is 14.0. The van der Waals surface area contributed by atoms with Crippen LogP contribution in [0.25, 0.3) is 0 Å². The van der Waals surface area contributed by atoms with Crippen molar-refractivity contribution in [3.05, 3.63) is 89.5 Å². The SMILES string of the molecule is CC(C)(C)NC(=O)Nc1ccc([C@H]2[C@@H]3C(=O)N(c4cccc(CC(=O)O)c4)C(=O)[C@@H]3ON2c2ccc(C(C)(C)C)cc2)cc1. The normalized spacial score (nSPS) is 20.1. The third-order valence-corrected chi connectivity index (χ3v) is 7.63. The van der Waals surface area contributed by atoms with E-state index in [1.807, 2.05) is 57.2 Å². The number of imide groups is 1. The van der Waals surface area contributed by atoms with Crippen molar-refractivity contribution in [2.45, 2.75) is 71.1 Å². The lowest BCUT2D eigenvalue weighted by Gasteiger charge is -2.29. The van der Waals surface area contributed by atoms with E-state index in [-0.39, 0.29) is 17.9 Å². The number of rotatable bonds is 6. The number of benzene rings is 3. The molecule has 230 valence electrons. The lowest BCUT2D eigenvalue weighted by atomic mass is 9.87. The molecule has 10 nitrogen and oxygen atoms in total. The molecule has 2 fully saturated rings. The summed E-state index contributed by atoms with van der Waals surface area (Å²) in [6, 6.07) is 20.4. The number of hydrogen-bond acceptors (Lipinski definition) is 6. The second-order valence-electron chi connectivity index (χ2n) is 13.3. The Morgan fingerprint density at radius 2 is 1.52 bits per heavy atom. The summed E-state index contributed by atoms with van der Waals surface area (Å²) in [5.74, 6) is -2.82. The van der Waals surface area contributed by atoms with Gasteiger partial charge in [0.05, 0.1) is 23.8 Å². The average molecular weight is 599 g/mol. The number of anilines is 3. The summed E-state index contributed by atoms with van der Waals surface area (Å²) in [5, 5.41) is 16.5. The van der Waals surface area contributed by atoms with Crippen LogP contribution < -0.4 is 20.6 Å². The van der Waals surface area contributed by atoms with Crippen molar-refractivity contribution in [3.63, 3.8) is 0 Å². The largest absolute Gasteiger partial charge is 0.481 e. The zero-order valence-corrected chi connectivity index (χ0v) is 25.8. The van der Waals surface area contributed by atoms with Gasteiger partial charge in [0, 0.05) is 11.2 Å². The van der Waals surface area contributed by atoms with Crippen molar-refractivity contribution in [1.29, 1.82) is 0 Å². The molecule has 4 amide bonds. The van der Waals surface area contributed by atoms with E-state index >= 15 is 0 Å². The van der Waals surface area contributed by atoms with E-state index in [9.17, 15) is 24.3 Å². The summed E-state index contributed by atoms with van der Waals surface area (Å²) in [6.45, 7) is 12.0. The summed E-state index contributed by atoms with van der Waals surface area (Å²) < 4.78 is 0. The fraction of sp³-hybridized carbons (Fsp3) is 0.353. The number of carbonyl (C=O) groups is 4. The number of nitrogens with one attached hydrogen (secondary N) is 2. The van der Waals surface area contributed by atoms with Crippen LogP contribution in [0.5, 0.6) is 0 Å². The molecule has 0 aromatic heterocycles. The number of carbonyl (C=O) groups excluding carboxylic acids is 3. The van der Waals surface area contributed by atoms with Crippen molar-refractivity contribution >= 4 is 40.9 Å². The van der Waals surface area contributed by atoms with Gasteiger partial charge in [-0.2, -0.15) is 0 Å². The second kappa shape index (κ2) is 11.4. The van der Waals surface area contributed by atoms with Crippen LogP contribution in [-0.4, -0.2) is 40.6 Å². The van der Waals surface area contributed by atoms with Crippen LogP contribution in [0.4, 0.5) is 21.9 Å². The summed E-state index contributed by atoms with van der Waals surface area (Å²) in [5.41, 5.74) is 3.42. The zero-order chi connectivity index (χ0) is 32.0. The van der Waals surface area contributed by atoms with Crippen LogP contribution >= 0.6 is 0 Å². The van der Waals surface area contributed by atoms with Crippen LogP contribution in [0.1, 0.15) is 64.3 Å². The van der Waals surface area contributed by atoms with Gasteiger partial charge in [0.15, 0.2) is 6.10 Å². The number of nitrogens with zero attached hydrogens (tertiary/aromatic N) is 2. The molecule has 5 rings (SSSR count). The van der Waals surface area contributed by atoms with Gasteiger partial charge in [-0.1, -0.05) is 57.2 Å². The van der Waals surface area contributed by atoms with Crippen molar-refractivity contribution in [3.8, 4) is 0 Å². The minimum atomic E-state index is -1.08. The Morgan fingerprint density at radius 1 is 0.864 bits per heavy atom. The molecule has 2 heterocycles. The van der Waals surface area contributed by atoms with Crippen molar-refractivity contribution in [2.75, 3.05) is 15.3 Å². The number of hydrogen-bond donors (Lipinski definition) is 3. The summed E-state index contributed by atoms with van der Waals surface area (Å²) in [4.78, 5) is 58.9. The summed E-state index contributed by atoms with van der Waals surface area (Å²) in [7, 11) is 0. The fourth-order valence-electron chi connectivity index (χ4n) is 5.59. The summed E-state index contributed by atoms with van der Waals surface area (Å²) >= 11 is 0. The Balaban J connectivity index is 1.49. The Morgan fingerprint density at radius 3 is 2.11 bits per heavy atom. The molecule has 0 radical (unpaired) electrons. The molecule has 2 aliphatic rings. The topological polar surface area (TPSA) is 128 Å². The molecular weight excluding hydrogens is 560 g/mol. The number of aliphatic carboxylic acids is 1. The molecular formula is C34H38N4O6. The van der Waals surface area contributed by atoms with Gasteiger partial charge in [0.25, 0.3) is 5.91 Å². The first-order valence-corrected chi connectivity index (χ1v) is 14.6. The lowest BCUT2D eigenvalue weighted by Crippen LogP contribution is -2.43. The van der Waals surface area contributed by atoms with Gasteiger partial charge in [0.2, 0.25) is 5.91 Å². The first kappa shape index (κ1) is 30.7. The molecule has 2 aliphatic heterocycles. The molecule has 2 saturated heterocycles. The van der Waals surface area contributed by atoms with Gasteiger partial charge in [-0.3, -0.25) is 19.2 Å². The highest BCUT2D eigenvalue weighted by Gasteiger charge is 2.60. The fourth-order valence-corrected chi connectivity index (χ4v) is 5.59. The second-order valence-corrected chi connectivity index (χ2v) is 13.3. The van der Waals surface area contributed by atoms with E-state index in [0.29, 0.717) is 22.6 Å². The predicted octanol–water partition coefficient (Wildman–Crippen LogP) is 5.58. The quantitative estimate of drug-likeness (QED) is 0.316. The van der Waals surface area contributed by atoms with Gasteiger partial charge in [-0.05, 0) is 79.3 Å². The Kier molecular flexibility index (Phi) is 7.98. The highest BCUT2D eigenvalue weighted by atomic mass is 16.7. The van der Waals surface area contributed by atoms with E-state index in [1.54, 1.807) is 41.5 Å². The van der Waals surface area contributed by atoms with Gasteiger partial charge < -0.3 is 15.7 Å². The van der Waals surface area contributed by atoms with Crippen molar-refractivity contribution < 1.29 is 29.1 Å². The third kappa shape index (κ3) is 6.30. The van der Waals surface area contributed by atoms with Crippen molar-refractivity contribution in [2.24, 2.45) is 5.92 Å². The Bertz CT molecular complexity index is 1590. The molecule has 0 unspecified atom stereocenters. The van der Waals surface area contributed by atoms with Gasteiger partial charge in [-0.25, -0.2) is 14.8 Å². The summed E-state index contributed by atoms with van der Waals surface area (Å²) in [6.07, 6.45) is -1.31. The Hall–Kier alpha value is -4.70. The molecule has 3 N–H and O–H groups in total. The number of carboxylic acids is 1. The van der Waals surface area contributed by atoms with Gasteiger partial charge in [0.1, 0.15) is 5.92 Å².